The Morgan fingerprint density at radius 3 is 2.41 bits per heavy atom. The maximum absolute atomic E-state index is 12.6. The number of hydrogen-bond donors (Lipinski definition) is 1. The topological polar surface area (TPSA) is 24.9 Å². The molecule has 0 unspecified atom stereocenters. The van der Waals surface area contributed by atoms with E-state index in [0.29, 0.717) is 13.0 Å². The lowest BCUT2D eigenvalue weighted by Gasteiger charge is -2.21. The molecule has 1 N–H and O–H groups in total. The molecule has 0 aliphatic carbocycles. The van der Waals surface area contributed by atoms with E-state index >= 15 is 0 Å². The van der Waals surface area contributed by atoms with Gasteiger partial charge in [-0.05, 0) is 45.4 Å². The highest BCUT2D eigenvalue weighted by Crippen LogP contribution is 2.31. The van der Waals surface area contributed by atoms with E-state index in [1.54, 1.807) is 0 Å². The molecule has 0 bridgehead atoms. The van der Waals surface area contributed by atoms with Crippen LogP contribution in [0, 0.1) is 0 Å². The van der Waals surface area contributed by atoms with Gasteiger partial charge in [-0.2, -0.15) is 13.2 Å². The molecular formula is C12H17F3N2. The van der Waals surface area contributed by atoms with Crippen LogP contribution in [0.25, 0.3) is 0 Å². The third kappa shape index (κ3) is 4.73. The SMILES string of the molecule is CC(C)(C)NCCc1ccncc1C(F)(F)F. The fourth-order valence-corrected chi connectivity index (χ4v) is 1.47. The molecule has 1 aromatic heterocycles. The molecule has 0 amide bonds. The van der Waals surface area contributed by atoms with Crippen molar-refractivity contribution in [3.63, 3.8) is 0 Å². The first-order valence-corrected chi connectivity index (χ1v) is 5.45. The zero-order valence-electron chi connectivity index (χ0n) is 10.2. The number of pyridine rings is 1. The van der Waals surface area contributed by atoms with Gasteiger partial charge in [0.15, 0.2) is 0 Å². The first kappa shape index (κ1) is 14.0. The molecule has 0 spiro atoms. The van der Waals surface area contributed by atoms with Crippen LogP contribution in [-0.2, 0) is 12.6 Å². The Morgan fingerprint density at radius 2 is 1.88 bits per heavy atom. The van der Waals surface area contributed by atoms with E-state index in [4.69, 9.17) is 0 Å². The van der Waals surface area contributed by atoms with Crippen molar-refractivity contribution in [2.24, 2.45) is 0 Å². The lowest BCUT2D eigenvalue weighted by molar-refractivity contribution is -0.138. The Bertz CT molecular complexity index is 367. The van der Waals surface area contributed by atoms with E-state index in [9.17, 15) is 13.2 Å². The second-order valence-corrected chi connectivity index (χ2v) is 4.96. The van der Waals surface area contributed by atoms with Crippen LogP contribution < -0.4 is 5.32 Å². The van der Waals surface area contributed by atoms with Gasteiger partial charge in [-0.3, -0.25) is 4.98 Å². The molecule has 1 heterocycles. The summed E-state index contributed by atoms with van der Waals surface area (Å²) in [7, 11) is 0. The Kier molecular flexibility index (Phi) is 4.14. The molecule has 1 aromatic rings. The molecule has 96 valence electrons. The Morgan fingerprint density at radius 1 is 1.24 bits per heavy atom. The van der Waals surface area contributed by atoms with Gasteiger partial charge in [0.05, 0.1) is 5.56 Å². The summed E-state index contributed by atoms with van der Waals surface area (Å²) in [6, 6.07) is 1.42. The number of nitrogens with one attached hydrogen (secondary N) is 1. The summed E-state index contributed by atoms with van der Waals surface area (Å²) in [5.41, 5.74) is -0.453. The molecule has 0 atom stereocenters. The minimum absolute atomic E-state index is 0.0918. The second-order valence-electron chi connectivity index (χ2n) is 4.96. The number of alkyl halides is 3. The summed E-state index contributed by atoms with van der Waals surface area (Å²) in [5.74, 6) is 0. The predicted molar refractivity (Wildman–Crippen MR) is 60.7 cm³/mol. The van der Waals surface area contributed by atoms with E-state index in [1.807, 2.05) is 20.8 Å². The maximum atomic E-state index is 12.6. The molecule has 0 aromatic carbocycles. The van der Waals surface area contributed by atoms with Gasteiger partial charge in [0.25, 0.3) is 0 Å². The molecule has 0 radical (unpaired) electrons. The first-order valence-electron chi connectivity index (χ1n) is 5.45. The van der Waals surface area contributed by atoms with Crippen LogP contribution in [0.1, 0.15) is 31.9 Å². The summed E-state index contributed by atoms with van der Waals surface area (Å²) < 4.78 is 37.9. The number of hydrogen-bond acceptors (Lipinski definition) is 2. The Labute approximate surface area is 99.3 Å². The average Bonchev–Trinajstić information content (AvgIpc) is 2.15. The van der Waals surface area contributed by atoms with Gasteiger partial charge in [-0.15, -0.1) is 0 Å². The Hall–Kier alpha value is -1.10. The number of rotatable bonds is 3. The largest absolute Gasteiger partial charge is 0.418 e. The highest BCUT2D eigenvalue weighted by Gasteiger charge is 2.33. The molecule has 0 saturated carbocycles. The smallest absolute Gasteiger partial charge is 0.312 e. The van der Waals surface area contributed by atoms with Crippen LogP contribution in [0.4, 0.5) is 13.2 Å². The minimum atomic E-state index is -4.33. The van der Waals surface area contributed by atoms with Crippen molar-refractivity contribution in [1.82, 2.24) is 10.3 Å². The highest BCUT2D eigenvalue weighted by atomic mass is 19.4. The predicted octanol–water partition coefficient (Wildman–Crippen LogP) is 3.03. The number of halogens is 3. The van der Waals surface area contributed by atoms with E-state index in [0.717, 1.165) is 6.20 Å². The fraction of sp³-hybridized carbons (Fsp3) is 0.583. The van der Waals surface area contributed by atoms with Crippen molar-refractivity contribution in [1.29, 1.82) is 0 Å². The lowest BCUT2D eigenvalue weighted by atomic mass is 10.1. The molecule has 0 aliphatic heterocycles. The van der Waals surface area contributed by atoms with Crippen LogP contribution in [0.15, 0.2) is 18.5 Å². The van der Waals surface area contributed by atoms with Gasteiger partial charge in [0.1, 0.15) is 0 Å². The molecule has 17 heavy (non-hydrogen) atoms. The molecule has 0 aliphatic rings. The zero-order chi connectivity index (χ0) is 13.1. The number of aromatic nitrogens is 1. The van der Waals surface area contributed by atoms with E-state index < -0.39 is 11.7 Å². The highest BCUT2D eigenvalue weighted by molar-refractivity contribution is 5.26. The van der Waals surface area contributed by atoms with E-state index in [-0.39, 0.29) is 11.1 Å². The third-order valence-corrected chi connectivity index (χ3v) is 2.27. The van der Waals surface area contributed by atoms with Gasteiger partial charge >= 0.3 is 6.18 Å². The van der Waals surface area contributed by atoms with Crippen LogP contribution in [0.2, 0.25) is 0 Å². The summed E-state index contributed by atoms with van der Waals surface area (Å²) in [6.45, 7) is 6.44. The van der Waals surface area contributed by atoms with Crippen molar-refractivity contribution in [2.75, 3.05) is 6.54 Å². The van der Waals surface area contributed by atoms with Gasteiger partial charge in [0.2, 0.25) is 0 Å². The lowest BCUT2D eigenvalue weighted by Crippen LogP contribution is -2.37. The van der Waals surface area contributed by atoms with Crippen molar-refractivity contribution >= 4 is 0 Å². The first-order chi connectivity index (χ1) is 7.70. The average molecular weight is 246 g/mol. The monoisotopic (exact) mass is 246 g/mol. The summed E-state index contributed by atoms with van der Waals surface area (Å²) in [6.07, 6.45) is -1.71. The van der Waals surface area contributed by atoms with Crippen molar-refractivity contribution in [3.05, 3.63) is 29.6 Å². The molecule has 0 saturated heterocycles. The van der Waals surface area contributed by atoms with Crippen molar-refractivity contribution in [2.45, 2.75) is 38.9 Å². The molecule has 0 fully saturated rings. The summed E-state index contributed by atoms with van der Waals surface area (Å²) in [5, 5.41) is 3.16. The molecular weight excluding hydrogens is 229 g/mol. The van der Waals surface area contributed by atoms with Crippen LogP contribution in [0.3, 0.4) is 0 Å². The van der Waals surface area contributed by atoms with Crippen LogP contribution in [-0.4, -0.2) is 17.1 Å². The van der Waals surface area contributed by atoms with E-state index in [2.05, 4.69) is 10.3 Å². The Balaban J connectivity index is 2.72. The van der Waals surface area contributed by atoms with Gasteiger partial charge < -0.3 is 5.32 Å². The van der Waals surface area contributed by atoms with Crippen molar-refractivity contribution < 1.29 is 13.2 Å². The molecule has 5 heteroatoms. The summed E-state index contributed by atoms with van der Waals surface area (Å²) in [4.78, 5) is 3.53. The zero-order valence-corrected chi connectivity index (χ0v) is 10.2. The maximum Gasteiger partial charge on any atom is 0.418 e. The fourth-order valence-electron chi connectivity index (χ4n) is 1.47. The van der Waals surface area contributed by atoms with Crippen molar-refractivity contribution in [3.8, 4) is 0 Å². The van der Waals surface area contributed by atoms with Crippen LogP contribution in [0.5, 0.6) is 0 Å². The number of nitrogens with zero attached hydrogens (tertiary/aromatic N) is 1. The minimum Gasteiger partial charge on any atom is -0.312 e. The van der Waals surface area contributed by atoms with Gasteiger partial charge in [-0.1, -0.05) is 0 Å². The third-order valence-electron chi connectivity index (χ3n) is 2.27. The standard InChI is InChI=1S/C12H17F3N2/c1-11(2,3)17-7-5-9-4-6-16-8-10(9)12(13,14)15/h4,6,8,17H,5,7H2,1-3H3. The van der Waals surface area contributed by atoms with Gasteiger partial charge in [-0.25, -0.2) is 0 Å². The molecule has 2 nitrogen and oxygen atoms in total. The quantitative estimate of drug-likeness (QED) is 0.886. The normalized spacial score (nSPS) is 12.8. The molecule has 1 rings (SSSR count). The van der Waals surface area contributed by atoms with Gasteiger partial charge in [0, 0.05) is 17.9 Å². The van der Waals surface area contributed by atoms with Crippen LogP contribution >= 0.6 is 0 Å². The second kappa shape index (κ2) is 5.04. The van der Waals surface area contributed by atoms with E-state index in [1.165, 1.54) is 12.3 Å². The summed E-state index contributed by atoms with van der Waals surface area (Å²) >= 11 is 0.